The molecule has 0 saturated heterocycles. The maximum absolute atomic E-state index is 12.9. The van der Waals surface area contributed by atoms with Crippen LogP contribution in [0.2, 0.25) is 0 Å². The van der Waals surface area contributed by atoms with Gasteiger partial charge in [-0.05, 0) is 31.9 Å². The summed E-state index contributed by atoms with van der Waals surface area (Å²) in [6.07, 6.45) is 0.850. The summed E-state index contributed by atoms with van der Waals surface area (Å²) in [5, 5.41) is 9.38. The lowest BCUT2D eigenvalue weighted by Crippen LogP contribution is -2.48. The average molecular weight is 410 g/mol. The molecular formula is C21H22N4O5. The van der Waals surface area contributed by atoms with E-state index in [0.29, 0.717) is 49.7 Å². The SMILES string of the molecule is CCN(C[C@@H]1COc2ccccc2O1)C(=O)Cn1c(=O)c(C#N)c2n(c1=O)CCC2. The molecular weight excluding hydrogens is 388 g/mol. The number of para-hydroxylation sites is 2. The van der Waals surface area contributed by atoms with E-state index in [1.807, 2.05) is 31.2 Å². The summed E-state index contributed by atoms with van der Waals surface area (Å²) in [5.41, 5.74) is -0.827. The predicted molar refractivity (Wildman–Crippen MR) is 107 cm³/mol. The Hall–Kier alpha value is -3.54. The van der Waals surface area contributed by atoms with Crippen molar-refractivity contribution >= 4 is 5.91 Å². The Morgan fingerprint density at radius 3 is 2.80 bits per heavy atom. The molecule has 4 rings (SSSR count). The number of nitrogens with zero attached hydrogens (tertiary/aromatic N) is 4. The van der Waals surface area contributed by atoms with Gasteiger partial charge in [0.2, 0.25) is 5.91 Å². The molecule has 0 saturated carbocycles. The molecule has 0 unspecified atom stereocenters. The Morgan fingerprint density at radius 1 is 1.30 bits per heavy atom. The van der Waals surface area contributed by atoms with Gasteiger partial charge in [-0.25, -0.2) is 9.36 Å². The van der Waals surface area contributed by atoms with E-state index in [9.17, 15) is 19.6 Å². The van der Waals surface area contributed by atoms with Gasteiger partial charge < -0.3 is 14.4 Å². The lowest BCUT2D eigenvalue weighted by atomic mass is 10.2. The van der Waals surface area contributed by atoms with E-state index in [-0.39, 0.29) is 24.1 Å². The summed E-state index contributed by atoms with van der Waals surface area (Å²) in [6, 6.07) is 9.21. The molecule has 2 aromatic rings. The summed E-state index contributed by atoms with van der Waals surface area (Å²) in [5.74, 6) is 0.885. The highest BCUT2D eigenvalue weighted by molar-refractivity contribution is 5.76. The number of likely N-dealkylation sites (N-methyl/N-ethyl adjacent to an activating group) is 1. The van der Waals surface area contributed by atoms with Gasteiger partial charge in [0.15, 0.2) is 17.6 Å². The van der Waals surface area contributed by atoms with Crippen LogP contribution in [-0.4, -0.2) is 45.7 Å². The number of hydrogen-bond acceptors (Lipinski definition) is 6. The lowest BCUT2D eigenvalue weighted by molar-refractivity contribution is -0.133. The fourth-order valence-electron chi connectivity index (χ4n) is 3.93. The van der Waals surface area contributed by atoms with Crippen molar-refractivity contribution in [2.75, 3.05) is 19.7 Å². The first-order valence-electron chi connectivity index (χ1n) is 9.96. The third-order valence-corrected chi connectivity index (χ3v) is 5.46. The minimum atomic E-state index is -0.703. The maximum atomic E-state index is 12.9. The molecule has 30 heavy (non-hydrogen) atoms. The topological polar surface area (TPSA) is 107 Å². The third kappa shape index (κ3) is 3.45. The van der Waals surface area contributed by atoms with Crippen molar-refractivity contribution in [2.24, 2.45) is 0 Å². The first-order valence-corrected chi connectivity index (χ1v) is 9.96. The molecule has 2 aliphatic heterocycles. The predicted octanol–water partition coefficient (Wildman–Crippen LogP) is 0.516. The first-order chi connectivity index (χ1) is 14.5. The van der Waals surface area contributed by atoms with E-state index in [0.717, 1.165) is 4.57 Å². The van der Waals surface area contributed by atoms with Crippen molar-refractivity contribution < 1.29 is 14.3 Å². The highest BCUT2D eigenvalue weighted by Crippen LogP contribution is 2.31. The molecule has 9 nitrogen and oxygen atoms in total. The van der Waals surface area contributed by atoms with Gasteiger partial charge in [0.1, 0.15) is 24.8 Å². The monoisotopic (exact) mass is 410 g/mol. The molecule has 0 fully saturated rings. The molecule has 0 aliphatic carbocycles. The van der Waals surface area contributed by atoms with Gasteiger partial charge in [0, 0.05) is 18.8 Å². The molecule has 3 heterocycles. The highest BCUT2D eigenvalue weighted by atomic mass is 16.6. The van der Waals surface area contributed by atoms with Crippen molar-refractivity contribution in [3.8, 4) is 17.6 Å². The maximum Gasteiger partial charge on any atom is 0.331 e. The average Bonchev–Trinajstić information content (AvgIpc) is 3.25. The third-order valence-electron chi connectivity index (χ3n) is 5.46. The van der Waals surface area contributed by atoms with E-state index >= 15 is 0 Å². The second-order valence-corrected chi connectivity index (χ2v) is 7.29. The van der Waals surface area contributed by atoms with Crippen LogP contribution in [0.15, 0.2) is 33.9 Å². The molecule has 1 atom stereocenters. The Balaban J connectivity index is 1.53. The lowest BCUT2D eigenvalue weighted by Gasteiger charge is -2.31. The summed E-state index contributed by atoms with van der Waals surface area (Å²) in [6.45, 7) is 2.78. The zero-order valence-corrected chi connectivity index (χ0v) is 16.7. The Bertz CT molecular complexity index is 1140. The Morgan fingerprint density at radius 2 is 2.07 bits per heavy atom. The van der Waals surface area contributed by atoms with Gasteiger partial charge in [0.05, 0.1) is 6.54 Å². The molecule has 1 amide bonds. The minimum absolute atomic E-state index is 0.0523. The van der Waals surface area contributed by atoms with Crippen LogP contribution in [0.5, 0.6) is 11.5 Å². The number of ether oxygens (including phenoxy) is 2. The first kappa shape index (κ1) is 19.8. The Labute approximate surface area is 172 Å². The fourth-order valence-corrected chi connectivity index (χ4v) is 3.93. The van der Waals surface area contributed by atoms with Crippen LogP contribution in [0, 0.1) is 11.3 Å². The number of amides is 1. The van der Waals surface area contributed by atoms with Gasteiger partial charge in [-0.3, -0.25) is 14.2 Å². The van der Waals surface area contributed by atoms with Crippen LogP contribution in [-0.2, 0) is 24.3 Å². The second kappa shape index (κ2) is 8.06. The van der Waals surface area contributed by atoms with E-state index in [1.165, 1.54) is 9.47 Å². The van der Waals surface area contributed by atoms with E-state index < -0.39 is 17.8 Å². The molecule has 0 radical (unpaired) electrons. The quantitative estimate of drug-likeness (QED) is 0.711. The van der Waals surface area contributed by atoms with Gasteiger partial charge in [-0.15, -0.1) is 0 Å². The number of fused-ring (bicyclic) bond motifs is 2. The van der Waals surface area contributed by atoms with Crippen LogP contribution >= 0.6 is 0 Å². The smallest absolute Gasteiger partial charge is 0.331 e. The highest BCUT2D eigenvalue weighted by Gasteiger charge is 2.27. The van der Waals surface area contributed by atoms with Crippen molar-refractivity contribution in [1.82, 2.24) is 14.0 Å². The van der Waals surface area contributed by atoms with Crippen LogP contribution in [0.1, 0.15) is 24.6 Å². The van der Waals surface area contributed by atoms with E-state index in [4.69, 9.17) is 9.47 Å². The van der Waals surface area contributed by atoms with Gasteiger partial charge in [-0.1, -0.05) is 12.1 Å². The van der Waals surface area contributed by atoms with Crippen LogP contribution < -0.4 is 20.7 Å². The number of hydrogen-bond donors (Lipinski definition) is 0. The Kier molecular flexibility index (Phi) is 5.31. The van der Waals surface area contributed by atoms with Crippen LogP contribution in [0.25, 0.3) is 0 Å². The molecule has 0 N–H and O–H groups in total. The molecule has 156 valence electrons. The number of carbonyl (C=O) groups is 1. The van der Waals surface area contributed by atoms with Gasteiger partial charge in [0.25, 0.3) is 5.56 Å². The summed E-state index contributed by atoms with van der Waals surface area (Å²) in [4.78, 5) is 39.8. The fraction of sp³-hybridized carbons (Fsp3) is 0.429. The van der Waals surface area contributed by atoms with E-state index in [2.05, 4.69) is 0 Å². The normalized spacial score (nSPS) is 16.6. The number of aromatic nitrogens is 2. The number of nitriles is 1. The zero-order chi connectivity index (χ0) is 21.3. The molecule has 1 aromatic carbocycles. The summed E-state index contributed by atoms with van der Waals surface area (Å²) in [7, 11) is 0. The number of carbonyl (C=O) groups excluding carboxylic acids is 1. The van der Waals surface area contributed by atoms with Crippen molar-refractivity contribution in [1.29, 1.82) is 5.26 Å². The summed E-state index contributed by atoms with van der Waals surface area (Å²) >= 11 is 0. The zero-order valence-electron chi connectivity index (χ0n) is 16.7. The molecule has 0 spiro atoms. The van der Waals surface area contributed by atoms with Crippen LogP contribution in [0.3, 0.4) is 0 Å². The minimum Gasteiger partial charge on any atom is -0.486 e. The van der Waals surface area contributed by atoms with Gasteiger partial charge >= 0.3 is 5.69 Å². The second-order valence-electron chi connectivity index (χ2n) is 7.29. The molecule has 2 aliphatic rings. The molecule has 0 bridgehead atoms. The largest absolute Gasteiger partial charge is 0.486 e. The van der Waals surface area contributed by atoms with Crippen molar-refractivity contribution in [3.05, 3.63) is 56.4 Å². The molecule has 9 heteroatoms. The van der Waals surface area contributed by atoms with Crippen molar-refractivity contribution in [3.63, 3.8) is 0 Å². The standard InChI is InChI=1S/C21H22N4O5/c1-2-23(11-14-13-29-17-7-3-4-8-18(17)30-14)19(26)12-25-20(27)15(10-22)16-6-5-9-24(16)21(25)28/h3-4,7-8,14H,2,5-6,9,11-13H2,1H3/t14-/m1/s1. The summed E-state index contributed by atoms with van der Waals surface area (Å²) < 4.78 is 13.9. The van der Waals surface area contributed by atoms with E-state index in [1.54, 1.807) is 6.07 Å². The number of benzene rings is 1. The van der Waals surface area contributed by atoms with Crippen LogP contribution in [0.4, 0.5) is 0 Å². The molecule has 1 aromatic heterocycles. The van der Waals surface area contributed by atoms with Crippen molar-refractivity contribution in [2.45, 2.75) is 39.0 Å². The number of rotatable bonds is 5. The van der Waals surface area contributed by atoms with Gasteiger partial charge in [-0.2, -0.15) is 5.26 Å².